The van der Waals surface area contributed by atoms with Crippen molar-refractivity contribution in [3.63, 3.8) is 0 Å². The standard InChI is InChI=1S/C19H21FN2O4/c1-12-8-13(19(24)25)11-22(10-12)18(23)7-6-17-21-9-16(26-17)14-4-2-3-5-15(14)20/h2-5,9,12-13H,6-8,10-11H2,1H3,(H,24,25). The van der Waals surface area contributed by atoms with E-state index in [0.717, 1.165) is 0 Å². The SMILES string of the molecule is CC1CC(C(=O)O)CN(C(=O)CCc2ncc(-c3ccccc3F)o2)C1. The molecule has 1 aromatic heterocycles. The van der Waals surface area contributed by atoms with Crippen LogP contribution in [0.15, 0.2) is 34.9 Å². The lowest BCUT2D eigenvalue weighted by atomic mass is 9.90. The van der Waals surface area contributed by atoms with E-state index >= 15 is 0 Å². The Morgan fingerprint density at radius 1 is 1.35 bits per heavy atom. The van der Waals surface area contributed by atoms with Crippen molar-refractivity contribution < 1.29 is 23.5 Å². The Bertz CT molecular complexity index is 804. The Kier molecular flexibility index (Phi) is 5.35. The summed E-state index contributed by atoms with van der Waals surface area (Å²) in [6.45, 7) is 2.75. The van der Waals surface area contributed by atoms with Crippen LogP contribution in [0.2, 0.25) is 0 Å². The number of oxazole rings is 1. The number of aromatic nitrogens is 1. The number of hydrogen-bond acceptors (Lipinski definition) is 4. The zero-order valence-electron chi connectivity index (χ0n) is 14.5. The van der Waals surface area contributed by atoms with Gasteiger partial charge in [0.25, 0.3) is 0 Å². The number of nitrogens with zero attached hydrogens (tertiary/aromatic N) is 2. The minimum atomic E-state index is -0.864. The van der Waals surface area contributed by atoms with Crippen LogP contribution in [0.4, 0.5) is 4.39 Å². The normalized spacial score (nSPS) is 20.2. The Hall–Kier alpha value is -2.70. The lowest BCUT2D eigenvalue weighted by molar-refractivity contribution is -0.146. The van der Waals surface area contributed by atoms with E-state index in [4.69, 9.17) is 4.42 Å². The Labute approximate surface area is 150 Å². The number of halogens is 1. The van der Waals surface area contributed by atoms with Crippen LogP contribution >= 0.6 is 0 Å². The van der Waals surface area contributed by atoms with Crippen molar-refractivity contribution in [1.82, 2.24) is 9.88 Å². The van der Waals surface area contributed by atoms with E-state index in [1.165, 1.54) is 12.3 Å². The molecule has 0 saturated carbocycles. The van der Waals surface area contributed by atoms with E-state index in [2.05, 4.69) is 4.98 Å². The molecule has 1 fully saturated rings. The van der Waals surface area contributed by atoms with Crippen molar-refractivity contribution in [3.05, 3.63) is 42.2 Å². The molecule has 2 aromatic rings. The Balaban J connectivity index is 1.60. The highest BCUT2D eigenvalue weighted by atomic mass is 19.1. The molecular formula is C19H21FN2O4. The monoisotopic (exact) mass is 360 g/mol. The molecule has 1 N–H and O–H groups in total. The number of carbonyl (C=O) groups excluding carboxylic acids is 1. The Morgan fingerprint density at radius 3 is 2.85 bits per heavy atom. The van der Waals surface area contributed by atoms with Crippen LogP contribution in [-0.2, 0) is 16.0 Å². The summed E-state index contributed by atoms with van der Waals surface area (Å²) in [5.41, 5.74) is 0.326. The lowest BCUT2D eigenvalue weighted by Crippen LogP contribution is -2.45. The maximum atomic E-state index is 13.8. The zero-order valence-corrected chi connectivity index (χ0v) is 14.5. The van der Waals surface area contributed by atoms with Crippen molar-refractivity contribution >= 4 is 11.9 Å². The van der Waals surface area contributed by atoms with Gasteiger partial charge in [0.1, 0.15) is 5.82 Å². The van der Waals surface area contributed by atoms with Gasteiger partial charge in [-0.2, -0.15) is 0 Å². The molecule has 2 unspecified atom stereocenters. The quantitative estimate of drug-likeness (QED) is 0.886. The first-order valence-corrected chi connectivity index (χ1v) is 8.64. The van der Waals surface area contributed by atoms with Gasteiger partial charge >= 0.3 is 5.97 Å². The molecule has 1 saturated heterocycles. The van der Waals surface area contributed by atoms with Crippen LogP contribution in [-0.4, -0.2) is 40.0 Å². The highest BCUT2D eigenvalue weighted by Crippen LogP contribution is 2.25. The topological polar surface area (TPSA) is 83.6 Å². The van der Waals surface area contributed by atoms with Crippen LogP contribution in [0.5, 0.6) is 0 Å². The molecule has 0 spiro atoms. The van der Waals surface area contributed by atoms with Crippen LogP contribution in [0.3, 0.4) is 0 Å². The van der Waals surface area contributed by atoms with Gasteiger partial charge in [-0.25, -0.2) is 9.37 Å². The number of carboxylic acids is 1. The zero-order chi connectivity index (χ0) is 18.7. The number of aryl methyl sites for hydroxylation is 1. The predicted molar refractivity (Wildman–Crippen MR) is 91.7 cm³/mol. The number of piperidine rings is 1. The predicted octanol–water partition coefficient (Wildman–Crippen LogP) is 2.98. The third-order valence-electron chi connectivity index (χ3n) is 4.61. The molecule has 0 aliphatic carbocycles. The molecule has 138 valence electrons. The van der Waals surface area contributed by atoms with Crippen LogP contribution in [0.1, 0.15) is 25.7 Å². The van der Waals surface area contributed by atoms with Crippen LogP contribution in [0, 0.1) is 17.7 Å². The summed E-state index contributed by atoms with van der Waals surface area (Å²) in [7, 11) is 0. The van der Waals surface area contributed by atoms with Crippen LogP contribution < -0.4 is 0 Å². The molecule has 1 aromatic carbocycles. The maximum Gasteiger partial charge on any atom is 0.308 e. The van der Waals surface area contributed by atoms with Gasteiger partial charge in [-0.15, -0.1) is 0 Å². The number of hydrogen-bond donors (Lipinski definition) is 1. The molecule has 0 bridgehead atoms. The summed E-state index contributed by atoms with van der Waals surface area (Å²) in [4.78, 5) is 29.4. The minimum absolute atomic E-state index is 0.117. The van der Waals surface area contributed by atoms with Gasteiger partial charge in [-0.05, 0) is 24.5 Å². The molecular weight excluding hydrogens is 339 g/mol. The first kappa shape index (κ1) is 18.1. The summed E-state index contributed by atoms with van der Waals surface area (Å²) >= 11 is 0. The summed E-state index contributed by atoms with van der Waals surface area (Å²) in [5, 5.41) is 9.20. The van der Waals surface area contributed by atoms with Crippen molar-refractivity contribution in [2.75, 3.05) is 13.1 Å². The average molecular weight is 360 g/mol. The van der Waals surface area contributed by atoms with E-state index in [9.17, 15) is 19.1 Å². The highest BCUT2D eigenvalue weighted by Gasteiger charge is 2.31. The molecule has 1 aliphatic heterocycles. The summed E-state index contributed by atoms with van der Waals surface area (Å²) < 4.78 is 19.3. The molecule has 2 atom stereocenters. The Morgan fingerprint density at radius 2 is 2.12 bits per heavy atom. The second-order valence-electron chi connectivity index (χ2n) is 6.77. The number of aliphatic carboxylic acids is 1. The molecule has 3 rings (SSSR count). The van der Waals surface area contributed by atoms with E-state index in [0.29, 0.717) is 30.2 Å². The number of carbonyl (C=O) groups is 2. The second kappa shape index (κ2) is 7.68. The maximum absolute atomic E-state index is 13.8. The molecule has 2 heterocycles. The first-order chi connectivity index (χ1) is 12.4. The van der Waals surface area contributed by atoms with E-state index in [-0.39, 0.29) is 31.2 Å². The highest BCUT2D eigenvalue weighted by molar-refractivity contribution is 5.78. The van der Waals surface area contributed by atoms with Gasteiger partial charge in [0, 0.05) is 25.9 Å². The molecule has 6 nitrogen and oxygen atoms in total. The number of rotatable bonds is 5. The van der Waals surface area contributed by atoms with E-state index in [1.807, 2.05) is 6.92 Å². The third-order valence-corrected chi connectivity index (χ3v) is 4.61. The minimum Gasteiger partial charge on any atom is -0.481 e. The number of carboxylic acid groups (broad SMARTS) is 1. The fourth-order valence-corrected chi connectivity index (χ4v) is 3.32. The van der Waals surface area contributed by atoms with Gasteiger partial charge in [-0.3, -0.25) is 9.59 Å². The molecule has 26 heavy (non-hydrogen) atoms. The van der Waals surface area contributed by atoms with Crippen molar-refractivity contribution in [3.8, 4) is 11.3 Å². The number of likely N-dealkylation sites (tertiary alicyclic amines) is 1. The fraction of sp³-hybridized carbons (Fsp3) is 0.421. The van der Waals surface area contributed by atoms with Gasteiger partial charge in [0.15, 0.2) is 11.7 Å². The molecule has 1 aliphatic rings. The average Bonchev–Trinajstić information content (AvgIpc) is 3.08. The van der Waals surface area contributed by atoms with Gasteiger partial charge in [0.2, 0.25) is 5.91 Å². The first-order valence-electron chi connectivity index (χ1n) is 8.64. The fourth-order valence-electron chi connectivity index (χ4n) is 3.32. The summed E-state index contributed by atoms with van der Waals surface area (Å²) in [6.07, 6.45) is 2.50. The molecule has 7 heteroatoms. The summed E-state index contributed by atoms with van der Waals surface area (Å²) in [6, 6.07) is 6.25. The van der Waals surface area contributed by atoms with Crippen LogP contribution in [0.25, 0.3) is 11.3 Å². The van der Waals surface area contributed by atoms with E-state index in [1.54, 1.807) is 23.1 Å². The van der Waals surface area contributed by atoms with Gasteiger partial charge in [0.05, 0.1) is 17.7 Å². The van der Waals surface area contributed by atoms with Crippen molar-refractivity contribution in [1.29, 1.82) is 0 Å². The third kappa shape index (κ3) is 4.09. The number of benzene rings is 1. The van der Waals surface area contributed by atoms with Gasteiger partial charge < -0.3 is 14.4 Å². The molecule has 0 radical (unpaired) electrons. The second-order valence-corrected chi connectivity index (χ2v) is 6.77. The molecule has 1 amide bonds. The largest absolute Gasteiger partial charge is 0.481 e. The van der Waals surface area contributed by atoms with E-state index < -0.39 is 17.7 Å². The number of amides is 1. The smallest absolute Gasteiger partial charge is 0.308 e. The lowest BCUT2D eigenvalue weighted by Gasteiger charge is -2.34. The van der Waals surface area contributed by atoms with Gasteiger partial charge in [-0.1, -0.05) is 19.1 Å². The van der Waals surface area contributed by atoms with Crippen molar-refractivity contribution in [2.24, 2.45) is 11.8 Å². The van der Waals surface area contributed by atoms with Crippen molar-refractivity contribution in [2.45, 2.75) is 26.2 Å². The summed E-state index contributed by atoms with van der Waals surface area (Å²) in [5.74, 6) is -1.06.